The number of carbonyl (C=O) groups is 1. The minimum absolute atomic E-state index is 0.0242. The number of carbonyl (C=O) groups excluding carboxylic acids is 1. The number of hydrogen-bond donors (Lipinski definition) is 2. The number of nitrogen functional groups attached to an aromatic ring is 2. The van der Waals surface area contributed by atoms with Gasteiger partial charge in [0, 0.05) is 23.8 Å². The van der Waals surface area contributed by atoms with Gasteiger partial charge in [0.15, 0.2) is 47.7 Å². The predicted octanol–water partition coefficient (Wildman–Crippen LogP) is 6.48. The molecule has 432 valence electrons. The summed E-state index contributed by atoms with van der Waals surface area (Å²) in [5.74, 6) is 0.0135. The second-order valence-corrected chi connectivity index (χ2v) is 25.1. The Bertz CT molecular complexity index is 3760. The molecule has 2 radical (unpaired) electrons. The number of rotatable bonds is 16. The lowest BCUT2D eigenvalue weighted by molar-refractivity contribution is -0.116. The fraction of sp³-hybridized carbons (Fsp3) is 0.392. The predicted molar refractivity (Wildman–Crippen MR) is 296 cm³/mol. The molecular formula is C51H53BF2N14O12P2S. The third-order valence-electron chi connectivity index (χ3n) is 14.2. The van der Waals surface area contributed by atoms with Crippen LogP contribution in [0.2, 0.25) is 0 Å². The van der Waals surface area contributed by atoms with E-state index in [0.29, 0.717) is 57.4 Å². The first-order chi connectivity index (χ1) is 40.2. The molecule has 4 N–H and O–H groups in total. The highest BCUT2D eigenvalue weighted by atomic mass is 32.7. The molecule has 4 aliphatic rings. The van der Waals surface area contributed by atoms with Crippen molar-refractivity contribution >= 4 is 78.8 Å². The van der Waals surface area contributed by atoms with Gasteiger partial charge in [-0.3, -0.25) is 27.5 Å². The first-order valence-corrected chi connectivity index (χ1v) is 30.9. The molecule has 0 unspecified atom stereocenters. The number of alkyl halides is 2. The van der Waals surface area contributed by atoms with Gasteiger partial charge in [0.2, 0.25) is 13.5 Å². The van der Waals surface area contributed by atoms with Gasteiger partial charge in [-0.05, 0) is 34.1 Å². The molecule has 5 aromatic heterocycles. The SMILES string of the molecule is [B][P@]1(=O)OC[C@H]2O[C@@H](n3cnc4c(N)ncnc43)[C@H](F)[C@@H]2O[P@@](=O)(SCc2ccc(COCCOCCOCCn3nnc4c3-c3ccccc3CN(C(C)=O)c3ccccc3-4)cc2)OC[C@H]2O[C@@H](n3cnc4c(N)ncnc43)[C@H](F)[C@@H]2O1. The number of nitrogens with two attached hydrogens (primary N) is 2. The van der Waals surface area contributed by atoms with E-state index < -0.39 is 76.7 Å². The third kappa shape index (κ3) is 11.8. The van der Waals surface area contributed by atoms with Crippen LogP contribution in [0.4, 0.5) is 26.1 Å². The minimum Gasteiger partial charge on any atom is -0.382 e. The molecule has 8 aromatic rings. The van der Waals surface area contributed by atoms with E-state index in [1.807, 2.05) is 65.3 Å². The van der Waals surface area contributed by atoms with Crippen LogP contribution in [0.5, 0.6) is 0 Å². The van der Waals surface area contributed by atoms with Crippen molar-refractivity contribution in [1.29, 1.82) is 0 Å². The molecule has 4 aliphatic heterocycles. The van der Waals surface area contributed by atoms with Gasteiger partial charge in [-0.15, -0.1) is 5.10 Å². The fourth-order valence-corrected chi connectivity index (χ4v) is 14.6. The molecule has 10 atom stereocenters. The van der Waals surface area contributed by atoms with E-state index in [9.17, 15) is 9.36 Å². The minimum atomic E-state index is -4.70. The van der Waals surface area contributed by atoms with Crippen molar-refractivity contribution in [2.75, 3.05) is 62.6 Å². The first-order valence-electron chi connectivity index (χ1n) is 26.2. The van der Waals surface area contributed by atoms with Crippen LogP contribution in [-0.2, 0) is 81.2 Å². The molecule has 0 bridgehead atoms. The summed E-state index contributed by atoms with van der Waals surface area (Å²) in [6.07, 6.45) is -8.78. The third-order valence-corrected chi connectivity index (χ3v) is 18.9. The van der Waals surface area contributed by atoms with Gasteiger partial charge in [-0.2, -0.15) is 0 Å². The molecule has 32 heteroatoms. The van der Waals surface area contributed by atoms with E-state index in [4.69, 9.17) is 60.8 Å². The summed E-state index contributed by atoms with van der Waals surface area (Å²) in [5, 5.41) is 9.08. The maximum atomic E-state index is 17.0. The van der Waals surface area contributed by atoms with Gasteiger partial charge >= 0.3 is 6.80 Å². The largest absolute Gasteiger partial charge is 0.389 e. The van der Waals surface area contributed by atoms with Gasteiger partial charge in [-0.1, -0.05) is 71.9 Å². The van der Waals surface area contributed by atoms with Crippen molar-refractivity contribution in [3.05, 3.63) is 115 Å². The monoisotopic (exact) mass is 1200 g/mol. The molecule has 26 nitrogen and oxygen atoms in total. The maximum Gasteiger partial charge on any atom is 0.389 e. The van der Waals surface area contributed by atoms with E-state index in [1.54, 1.807) is 24.0 Å². The Hall–Kier alpha value is -6.66. The number of nitrogens with zero attached hydrogens (tertiary/aromatic N) is 12. The van der Waals surface area contributed by atoms with E-state index in [1.165, 1.54) is 28.1 Å². The Morgan fingerprint density at radius 2 is 1.30 bits per heavy atom. The number of para-hydroxylation sites is 1. The highest BCUT2D eigenvalue weighted by Gasteiger charge is 2.55. The number of hydrogen-bond acceptors (Lipinski definition) is 23. The highest BCUT2D eigenvalue weighted by molar-refractivity contribution is 8.54. The zero-order valence-electron chi connectivity index (χ0n) is 44.2. The van der Waals surface area contributed by atoms with E-state index in [-0.39, 0.29) is 52.2 Å². The second-order valence-electron chi connectivity index (χ2n) is 19.6. The average molecular weight is 1200 g/mol. The van der Waals surface area contributed by atoms with E-state index in [0.717, 1.165) is 51.3 Å². The summed E-state index contributed by atoms with van der Waals surface area (Å²) in [7, 11) is 1.36. The fourth-order valence-electron chi connectivity index (χ4n) is 10.2. The Kier molecular flexibility index (Phi) is 16.5. The van der Waals surface area contributed by atoms with Crippen LogP contribution in [-0.4, -0.2) is 151 Å². The summed E-state index contributed by atoms with van der Waals surface area (Å²) in [6, 6.07) is 22.9. The molecule has 1 amide bonds. The topological polar surface area (TPSA) is 307 Å². The number of ether oxygens (including phenoxy) is 5. The van der Waals surface area contributed by atoms with Crippen molar-refractivity contribution in [2.45, 2.75) is 81.6 Å². The summed E-state index contributed by atoms with van der Waals surface area (Å²) >= 11 is 0.737. The molecule has 9 heterocycles. The van der Waals surface area contributed by atoms with Crippen molar-refractivity contribution in [3.8, 4) is 22.5 Å². The summed E-state index contributed by atoms with van der Waals surface area (Å²) in [4.78, 5) is 39.2. The van der Waals surface area contributed by atoms with Gasteiger partial charge in [0.1, 0.15) is 53.8 Å². The smallest absolute Gasteiger partial charge is 0.382 e. The van der Waals surface area contributed by atoms with Crippen LogP contribution in [0, 0.1) is 0 Å². The highest BCUT2D eigenvalue weighted by Crippen LogP contribution is 2.65. The number of amides is 1. The van der Waals surface area contributed by atoms with Crippen LogP contribution in [0.25, 0.3) is 44.8 Å². The van der Waals surface area contributed by atoms with Crippen LogP contribution in [0.15, 0.2) is 98.1 Å². The average Bonchev–Trinajstić information content (AvgIpc) is 4.18. The number of halogens is 2. The number of fused-ring (bicyclic) bond motifs is 9. The molecule has 3 saturated heterocycles. The van der Waals surface area contributed by atoms with Gasteiger partial charge < -0.3 is 49.1 Å². The van der Waals surface area contributed by atoms with Crippen LogP contribution in [0.1, 0.15) is 36.1 Å². The lowest BCUT2D eigenvalue weighted by Crippen LogP contribution is -2.37. The Morgan fingerprint density at radius 1 is 0.723 bits per heavy atom. The summed E-state index contributed by atoms with van der Waals surface area (Å²) in [6.45, 7) is -1.60. The Balaban J connectivity index is 0.658. The van der Waals surface area contributed by atoms with Crippen LogP contribution >= 0.6 is 25.7 Å². The second kappa shape index (κ2) is 24.1. The lowest BCUT2D eigenvalue weighted by atomic mass is 9.95. The Labute approximate surface area is 477 Å². The zero-order chi connectivity index (χ0) is 57.4. The van der Waals surface area contributed by atoms with E-state index in [2.05, 4.69) is 40.2 Å². The van der Waals surface area contributed by atoms with Crippen LogP contribution < -0.4 is 16.4 Å². The summed E-state index contributed by atoms with van der Waals surface area (Å²) < 4.78 is 120. The van der Waals surface area contributed by atoms with Crippen molar-refractivity contribution in [2.24, 2.45) is 0 Å². The normalized spacial score (nSPS) is 26.3. The van der Waals surface area contributed by atoms with Gasteiger partial charge in [-0.25, -0.2) is 47.9 Å². The lowest BCUT2D eigenvalue weighted by Gasteiger charge is -2.30. The molecular weight excluding hydrogens is 1140 g/mol. The van der Waals surface area contributed by atoms with Gasteiger partial charge in [0.25, 0.3) is 7.47 Å². The molecule has 3 fully saturated rings. The number of aromatic nitrogens is 11. The van der Waals surface area contributed by atoms with Crippen molar-refractivity contribution in [1.82, 2.24) is 54.0 Å². The molecule has 0 spiro atoms. The van der Waals surface area contributed by atoms with Crippen LogP contribution in [0.3, 0.4) is 0 Å². The first kappa shape index (κ1) is 56.8. The Morgan fingerprint density at radius 3 is 1.96 bits per heavy atom. The number of benzene rings is 3. The molecule has 0 saturated carbocycles. The van der Waals surface area contributed by atoms with Gasteiger partial charge in [0.05, 0.1) is 90.0 Å². The van der Waals surface area contributed by atoms with Crippen molar-refractivity contribution < 1.29 is 64.5 Å². The molecule has 83 heavy (non-hydrogen) atoms. The van der Waals surface area contributed by atoms with Crippen molar-refractivity contribution in [3.63, 3.8) is 0 Å². The zero-order valence-corrected chi connectivity index (χ0v) is 46.8. The standard InChI is InChI=1S/C51H53BF2N14O12P2S/c1-29(69)65-20-32-6-2-3-7-33(32)43-40(34-8-4-5-9-35(34)65)63-64-68(43)14-15-72-16-17-73-18-19-74-21-30-10-12-31(13-11-30)24-83-82(71)76-23-37-44(38(53)50(78-37)66-27-61-41-46(55)57-25-59-48(41)66)79-81(52,70)75-22-36-45(80-82)39(54)51(77-36)67-28-62-42-47(56)58-26-60-49(42)67/h2-13,25-28,36-39,44-45,50-51H,14-24H2,1H3,(H2,55,57,59)(H2,56,58,60)/t36-,37-,38-,39-,44-,45-,50-,51-,81+,82+/m1/s1. The quantitative estimate of drug-likeness (QED) is 0.0594. The number of anilines is 3. The molecule has 3 aromatic carbocycles. The maximum absolute atomic E-state index is 17.0. The summed E-state index contributed by atoms with van der Waals surface area (Å²) in [5.41, 5.74) is 19.1. The molecule has 12 rings (SSSR count). The number of imidazole rings is 2. The molecule has 0 aliphatic carbocycles. The van der Waals surface area contributed by atoms with E-state index >= 15 is 13.3 Å².